The summed E-state index contributed by atoms with van der Waals surface area (Å²) < 4.78 is 0. The zero-order valence-electron chi connectivity index (χ0n) is 14.1. The molecule has 0 unspecified atom stereocenters. The lowest BCUT2D eigenvalue weighted by molar-refractivity contribution is -0.385. The molecular formula is C19H17N3O3S. The van der Waals surface area contributed by atoms with E-state index in [1.54, 1.807) is 18.3 Å². The van der Waals surface area contributed by atoms with Crippen molar-refractivity contribution in [2.75, 3.05) is 6.54 Å². The maximum atomic E-state index is 12.2. The van der Waals surface area contributed by atoms with E-state index >= 15 is 0 Å². The SMILES string of the molecule is Cc1cc(C(=O)NCCc2csc(-c3ccccc3)n2)ccc1[N+](=O)[O-]. The number of nitrogens with zero attached hydrogens (tertiary/aromatic N) is 2. The molecule has 0 saturated heterocycles. The summed E-state index contributed by atoms with van der Waals surface area (Å²) in [5.41, 5.74) is 2.90. The van der Waals surface area contributed by atoms with Crippen molar-refractivity contribution in [3.63, 3.8) is 0 Å². The normalized spacial score (nSPS) is 10.5. The zero-order valence-corrected chi connectivity index (χ0v) is 15.0. The number of carbonyl (C=O) groups is 1. The minimum absolute atomic E-state index is 0.0115. The summed E-state index contributed by atoms with van der Waals surface area (Å²) in [5, 5.41) is 16.6. The predicted octanol–water partition coefficient (Wildman–Crippen LogP) is 4.00. The Hall–Kier alpha value is -3.06. The number of nitro groups is 1. The van der Waals surface area contributed by atoms with E-state index in [9.17, 15) is 14.9 Å². The van der Waals surface area contributed by atoms with E-state index in [1.165, 1.54) is 18.2 Å². The van der Waals surface area contributed by atoms with Crippen molar-refractivity contribution in [3.05, 3.63) is 80.8 Å². The standard InChI is InChI=1S/C19H17N3O3S/c1-13-11-15(7-8-17(13)22(24)25)18(23)20-10-9-16-12-26-19(21-16)14-5-3-2-4-6-14/h2-8,11-12H,9-10H2,1H3,(H,20,23). The van der Waals surface area contributed by atoms with E-state index in [4.69, 9.17) is 0 Å². The number of hydrogen-bond donors (Lipinski definition) is 1. The van der Waals surface area contributed by atoms with Gasteiger partial charge in [-0.15, -0.1) is 11.3 Å². The van der Waals surface area contributed by atoms with Crippen LogP contribution in [0.1, 0.15) is 21.6 Å². The molecule has 1 amide bonds. The van der Waals surface area contributed by atoms with Gasteiger partial charge in [-0.1, -0.05) is 30.3 Å². The van der Waals surface area contributed by atoms with Gasteiger partial charge in [0.25, 0.3) is 11.6 Å². The Morgan fingerprint density at radius 3 is 2.69 bits per heavy atom. The van der Waals surface area contributed by atoms with Crippen LogP contribution in [0.15, 0.2) is 53.9 Å². The van der Waals surface area contributed by atoms with Gasteiger partial charge in [-0.05, 0) is 19.1 Å². The Labute approximate surface area is 154 Å². The molecule has 0 fully saturated rings. The number of thiazole rings is 1. The topological polar surface area (TPSA) is 85.1 Å². The lowest BCUT2D eigenvalue weighted by Gasteiger charge is -2.05. The Morgan fingerprint density at radius 2 is 2.00 bits per heavy atom. The Morgan fingerprint density at radius 1 is 1.23 bits per heavy atom. The average Bonchev–Trinajstić information content (AvgIpc) is 3.11. The third kappa shape index (κ3) is 4.12. The summed E-state index contributed by atoms with van der Waals surface area (Å²) >= 11 is 1.58. The van der Waals surface area contributed by atoms with Crippen LogP contribution in [0.5, 0.6) is 0 Å². The fourth-order valence-corrected chi connectivity index (χ4v) is 3.40. The second-order valence-corrected chi connectivity index (χ2v) is 6.63. The summed E-state index contributed by atoms with van der Waals surface area (Å²) in [6.07, 6.45) is 0.626. The molecule has 3 rings (SSSR count). The largest absolute Gasteiger partial charge is 0.352 e. The molecule has 0 bridgehead atoms. The van der Waals surface area contributed by atoms with Crippen molar-refractivity contribution in [2.45, 2.75) is 13.3 Å². The first kappa shape index (κ1) is 17.8. The van der Waals surface area contributed by atoms with Crippen LogP contribution in [0.25, 0.3) is 10.6 Å². The second kappa shape index (κ2) is 7.88. The average molecular weight is 367 g/mol. The Balaban J connectivity index is 1.57. The molecule has 0 aliphatic heterocycles. The third-order valence-corrected chi connectivity index (χ3v) is 4.84. The predicted molar refractivity (Wildman–Crippen MR) is 101 cm³/mol. The van der Waals surface area contributed by atoms with Crippen LogP contribution in [0.3, 0.4) is 0 Å². The van der Waals surface area contributed by atoms with Crippen LogP contribution < -0.4 is 5.32 Å². The van der Waals surface area contributed by atoms with Crippen molar-refractivity contribution in [1.29, 1.82) is 0 Å². The molecule has 3 aromatic rings. The molecule has 2 aromatic carbocycles. The molecule has 0 spiro atoms. The number of benzene rings is 2. The first-order valence-electron chi connectivity index (χ1n) is 8.07. The van der Waals surface area contributed by atoms with Crippen molar-refractivity contribution >= 4 is 22.9 Å². The van der Waals surface area contributed by atoms with E-state index in [0.29, 0.717) is 24.1 Å². The highest BCUT2D eigenvalue weighted by Crippen LogP contribution is 2.23. The van der Waals surface area contributed by atoms with E-state index < -0.39 is 4.92 Å². The Bertz CT molecular complexity index is 938. The van der Waals surface area contributed by atoms with Crippen LogP contribution in [0.4, 0.5) is 5.69 Å². The van der Waals surface area contributed by atoms with E-state index in [-0.39, 0.29) is 11.6 Å². The van der Waals surface area contributed by atoms with Gasteiger partial charge >= 0.3 is 0 Å². The summed E-state index contributed by atoms with van der Waals surface area (Å²) in [6.45, 7) is 2.07. The molecule has 6 nitrogen and oxygen atoms in total. The number of carbonyl (C=O) groups excluding carboxylic acids is 1. The van der Waals surface area contributed by atoms with Crippen molar-refractivity contribution in [1.82, 2.24) is 10.3 Å². The number of hydrogen-bond acceptors (Lipinski definition) is 5. The monoisotopic (exact) mass is 367 g/mol. The summed E-state index contributed by atoms with van der Waals surface area (Å²) in [5.74, 6) is -0.249. The summed E-state index contributed by atoms with van der Waals surface area (Å²) in [7, 11) is 0. The van der Waals surface area contributed by atoms with Gasteiger partial charge in [0.2, 0.25) is 0 Å². The van der Waals surface area contributed by atoms with E-state index in [0.717, 1.165) is 16.3 Å². The van der Waals surface area contributed by atoms with Crippen molar-refractivity contribution in [3.8, 4) is 10.6 Å². The first-order valence-corrected chi connectivity index (χ1v) is 8.95. The van der Waals surface area contributed by atoms with E-state index in [2.05, 4.69) is 10.3 Å². The zero-order chi connectivity index (χ0) is 18.5. The molecule has 7 heteroatoms. The number of nitrogens with one attached hydrogen (secondary N) is 1. The molecule has 0 atom stereocenters. The molecule has 1 N–H and O–H groups in total. The molecule has 0 aliphatic rings. The minimum Gasteiger partial charge on any atom is -0.352 e. The highest BCUT2D eigenvalue weighted by molar-refractivity contribution is 7.13. The van der Waals surface area contributed by atoms with Crippen LogP contribution >= 0.6 is 11.3 Å². The van der Waals surface area contributed by atoms with Crippen LogP contribution in [-0.4, -0.2) is 22.4 Å². The molecule has 0 saturated carbocycles. The number of rotatable bonds is 6. The first-order chi connectivity index (χ1) is 12.5. The molecule has 132 valence electrons. The highest BCUT2D eigenvalue weighted by Gasteiger charge is 2.13. The van der Waals surface area contributed by atoms with Crippen LogP contribution in [0, 0.1) is 17.0 Å². The molecular weight excluding hydrogens is 350 g/mol. The number of nitro benzene ring substituents is 1. The van der Waals surface area contributed by atoms with Gasteiger partial charge in [0.1, 0.15) is 5.01 Å². The number of amides is 1. The third-order valence-electron chi connectivity index (χ3n) is 3.89. The van der Waals surface area contributed by atoms with Crippen molar-refractivity contribution < 1.29 is 9.72 Å². The van der Waals surface area contributed by atoms with Crippen molar-refractivity contribution in [2.24, 2.45) is 0 Å². The lowest BCUT2D eigenvalue weighted by atomic mass is 10.1. The fourth-order valence-electron chi connectivity index (χ4n) is 2.54. The smallest absolute Gasteiger partial charge is 0.272 e. The molecule has 1 aromatic heterocycles. The van der Waals surface area contributed by atoms with Gasteiger partial charge in [0.05, 0.1) is 10.6 Å². The summed E-state index contributed by atoms with van der Waals surface area (Å²) in [6, 6.07) is 14.3. The Kier molecular flexibility index (Phi) is 5.38. The molecule has 1 heterocycles. The van der Waals surface area contributed by atoms with Crippen LogP contribution in [0.2, 0.25) is 0 Å². The van der Waals surface area contributed by atoms with Gasteiger partial charge in [-0.3, -0.25) is 14.9 Å². The van der Waals surface area contributed by atoms with Gasteiger partial charge in [0, 0.05) is 41.1 Å². The minimum atomic E-state index is -0.455. The van der Waals surface area contributed by atoms with Gasteiger partial charge < -0.3 is 5.32 Å². The van der Waals surface area contributed by atoms with E-state index in [1.807, 2.05) is 35.7 Å². The highest BCUT2D eigenvalue weighted by atomic mass is 32.1. The second-order valence-electron chi connectivity index (χ2n) is 5.77. The fraction of sp³-hybridized carbons (Fsp3) is 0.158. The summed E-state index contributed by atoms with van der Waals surface area (Å²) in [4.78, 5) is 27.2. The van der Waals surface area contributed by atoms with Gasteiger partial charge in [0.15, 0.2) is 0 Å². The molecule has 26 heavy (non-hydrogen) atoms. The quantitative estimate of drug-likeness (QED) is 0.527. The van der Waals surface area contributed by atoms with Gasteiger partial charge in [-0.25, -0.2) is 4.98 Å². The maximum absolute atomic E-state index is 12.2. The maximum Gasteiger partial charge on any atom is 0.272 e. The lowest BCUT2D eigenvalue weighted by Crippen LogP contribution is -2.25. The molecule has 0 radical (unpaired) electrons. The number of aryl methyl sites for hydroxylation is 1. The molecule has 0 aliphatic carbocycles. The van der Waals surface area contributed by atoms with Gasteiger partial charge in [-0.2, -0.15) is 0 Å². The van der Waals surface area contributed by atoms with Crippen LogP contribution in [-0.2, 0) is 6.42 Å². The number of aromatic nitrogens is 1.